The molecule has 0 aliphatic carbocycles. The lowest BCUT2D eigenvalue weighted by molar-refractivity contribution is -0.121. The summed E-state index contributed by atoms with van der Waals surface area (Å²) in [5.74, 6) is -0.00641. The van der Waals surface area contributed by atoms with Crippen LogP contribution in [0.15, 0.2) is 48.5 Å². The molecule has 0 fully saturated rings. The number of hydrogen-bond donors (Lipinski definition) is 2. The van der Waals surface area contributed by atoms with Crippen molar-refractivity contribution in [3.05, 3.63) is 59.7 Å². The second kappa shape index (κ2) is 8.50. The van der Waals surface area contributed by atoms with E-state index in [1.165, 1.54) is 5.56 Å². The molecule has 1 atom stereocenters. The molecule has 4 heteroatoms. The molecule has 2 rings (SSSR count). The Labute approximate surface area is 144 Å². The summed E-state index contributed by atoms with van der Waals surface area (Å²) in [5.41, 5.74) is 9.51. The molecule has 0 heterocycles. The SMILES string of the molecule is CCCN(Cc1ccccc1)C(C)C(=O)Nc1cccc(N)c1C. The van der Waals surface area contributed by atoms with Crippen LogP contribution in [0.3, 0.4) is 0 Å². The van der Waals surface area contributed by atoms with Gasteiger partial charge in [0.25, 0.3) is 0 Å². The minimum absolute atomic E-state index is 0.00641. The summed E-state index contributed by atoms with van der Waals surface area (Å²) in [6.45, 7) is 7.64. The van der Waals surface area contributed by atoms with Crippen LogP contribution in [0, 0.1) is 6.92 Å². The molecule has 0 saturated carbocycles. The van der Waals surface area contributed by atoms with Crippen LogP contribution < -0.4 is 11.1 Å². The standard InChI is InChI=1S/C20H27N3O/c1-4-13-23(14-17-9-6-5-7-10-17)16(3)20(24)22-19-12-8-11-18(21)15(19)2/h5-12,16H,4,13-14,21H2,1-3H3,(H,22,24). The number of amides is 1. The van der Waals surface area contributed by atoms with Gasteiger partial charge in [0.15, 0.2) is 0 Å². The molecule has 0 spiro atoms. The van der Waals surface area contributed by atoms with Crippen LogP contribution in [0.4, 0.5) is 11.4 Å². The summed E-state index contributed by atoms with van der Waals surface area (Å²) in [5, 5.41) is 3.01. The molecule has 1 unspecified atom stereocenters. The Morgan fingerprint density at radius 1 is 1.17 bits per heavy atom. The smallest absolute Gasteiger partial charge is 0.241 e. The van der Waals surface area contributed by atoms with E-state index in [4.69, 9.17) is 5.73 Å². The summed E-state index contributed by atoms with van der Waals surface area (Å²) in [6.07, 6.45) is 1.00. The number of anilines is 2. The number of carbonyl (C=O) groups is 1. The van der Waals surface area contributed by atoms with Crippen LogP contribution in [-0.2, 0) is 11.3 Å². The molecule has 128 valence electrons. The van der Waals surface area contributed by atoms with Gasteiger partial charge >= 0.3 is 0 Å². The number of benzene rings is 2. The molecular weight excluding hydrogens is 298 g/mol. The van der Waals surface area contributed by atoms with Gasteiger partial charge in [-0.1, -0.05) is 43.3 Å². The zero-order chi connectivity index (χ0) is 17.5. The second-order valence-corrected chi connectivity index (χ2v) is 6.14. The average molecular weight is 325 g/mol. The van der Waals surface area contributed by atoms with Crippen LogP contribution in [0.5, 0.6) is 0 Å². The zero-order valence-corrected chi connectivity index (χ0v) is 14.8. The van der Waals surface area contributed by atoms with E-state index in [9.17, 15) is 4.79 Å². The number of rotatable bonds is 7. The minimum Gasteiger partial charge on any atom is -0.398 e. The van der Waals surface area contributed by atoms with Gasteiger partial charge in [-0.3, -0.25) is 9.69 Å². The van der Waals surface area contributed by atoms with Crippen molar-refractivity contribution >= 4 is 17.3 Å². The number of nitrogen functional groups attached to an aromatic ring is 1. The molecule has 4 nitrogen and oxygen atoms in total. The van der Waals surface area contributed by atoms with Crippen LogP contribution in [0.2, 0.25) is 0 Å². The summed E-state index contributed by atoms with van der Waals surface area (Å²) in [4.78, 5) is 14.9. The van der Waals surface area contributed by atoms with Gasteiger partial charge in [0, 0.05) is 17.9 Å². The summed E-state index contributed by atoms with van der Waals surface area (Å²) in [7, 11) is 0. The number of carbonyl (C=O) groups excluding carboxylic acids is 1. The largest absolute Gasteiger partial charge is 0.398 e. The third kappa shape index (κ3) is 4.59. The molecule has 0 bridgehead atoms. The summed E-state index contributed by atoms with van der Waals surface area (Å²) in [6, 6.07) is 15.6. The topological polar surface area (TPSA) is 58.4 Å². The lowest BCUT2D eigenvalue weighted by Gasteiger charge is -2.28. The first-order chi connectivity index (χ1) is 11.5. The Morgan fingerprint density at radius 3 is 2.54 bits per heavy atom. The van der Waals surface area contributed by atoms with Gasteiger partial charge in [-0.05, 0) is 50.1 Å². The first-order valence-corrected chi connectivity index (χ1v) is 8.46. The number of nitrogens with one attached hydrogen (secondary N) is 1. The van der Waals surface area contributed by atoms with Gasteiger partial charge in [-0.2, -0.15) is 0 Å². The summed E-state index contributed by atoms with van der Waals surface area (Å²) < 4.78 is 0. The predicted octanol–water partition coefficient (Wildman–Crippen LogP) is 3.82. The molecule has 1 amide bonds. The first-order valence-electron chi connectivity index (χ1n) is 8.46. The van der Waals surface area contributed by atoms with E-state index in [0.29, 0.717) is 5.69 Å². The fourth-order valence-electron chi connectivity index (χ4n) is 2.71. The van der Waals surface area contributed by atoms with Gasteiger partial charge in [-0.25, -0.2) is 0 Å². The van der Waals surface area contributed by atoms with Gasteiger partial charge in [-0.15, -0.1) is 0 Å². The fourth-order valence-corrected chi connectivity index (χ4v) is 2.71. The Kier molecular flexibility index (Phi) is 6.38. The van der Waals surface area contributed by atoms with E-state index >= 15 is 0 Å². The lowest BCUT2D eigenvalue weighted by Crippen LogP contribution is -2.42. The van der Waals surface area contributed by atoms with Crippen LogP contribution in [0.25, 0.3) is 0 Å². The molecule has 3 N–H and O–H groups in total. The van der Waals surface area contributed by atoms with Crippen molar-refractivity contribution in [1.29, 1.82) is 0 Å². The van der Waals surface area contributed by atoms with Crippen molar-refractivity contribution < 1.29 is 4.79 Å². The van der Waals surface area contributed by atoms with Crippen LogP contribution in [0.1, 0.15) is 31.4 Å². The number of hydrogen-bond acceptors (Lipinski definition) is 3. The van der Waals surface area contributed by atoms with E-state index in [1.807, 2.05) is 50.2 Å². The molecule has 24 heavy (non-hydrogen) atoms. The quantitative estimate of drug-likeness (QED) is 0.761. The Balaban J connectivity index is 2.09. The van der Waals surface area contributed by atoms with E-state index in [-0.39, 0.29) is 11.9 Å². The first kappa shape index (κ1) is 18.0. The molecule has 0 saturated heterocycles. The predicted molar refractivity (Wildman–Crippen MR) is 101 cm³/mol. The van der Waals surface area contributed by atoms with Crippen molar-refractivity contribution in [1.82, 2.24) is 4.90 Å². The molecule has 2 aromatic carbocycles. The zero-order valence-electron chi connectivity index (χ0n) is 14.8. The van der Waals surface area contributed by atoms with Gasteiger partial charge in [0.2, 0.25) is 5.91 Å². The third-order valence-corrected chi connectivity index (χ3v) is 4.30. The van der Waals surface area contributed by atoms with E-state index in [0.717, 1.165) is 30.8 Å². The molecule has 2 aromatic rings. The summed E-state index contributed by atoms with van der Waals surface area (Å²) >= 11 is 0. The highest BCUT2D eigenvalue weighted by Gasteiger charge is 2.21. The molecular formula is C20H27N3O. The monoisotopic (exact) mass is 325 g/mol. The Hall–Kier alpha value is -2.33. The maximum Gasteiger partial charge on any atom is 0.241 e. The highest BCUT2D eigenvalue weighted by molar-refractivity contribution is 5.95. The van der Waals surface area contributed by atoms with Gasteiger partial charge < -0.3 is 11.1 Å². The second-order valence-electron chi connectivity index (χ2n) is 6.14. The van der Waals surface area contributed by atoms with Crippen molar-refractivity contribution in [2.45, 2.75) is 39.8 Å². The van der Waals surface area contributed by atoms with E-state index in [2.05, 4.69) is 29.3 Å². The number of nitrogens with zero attached hydrogens (tertiary/aromatic N) is 1. The Bertz CT molecular complexity index is 670. The van der Waals surface area contributed by atoms with Crippen molar-refractivity contribution in [2.75, 3.05) is 17.6 Å². The molecule has 0 aromatic heterocycles. The van der Waals surface area contributed by atoms with Crippen LogP contribution in [-0.4, -0.2) is 23.4 Å². The van der Waals surface area contributed by atoms with E-state index < -0.39 is 0 Å². The van der Waals surface area contributed by atoms with Gasteiger partial charge in [0.1, 0.15) is 0 Å². The minimum atomic E-state index is -0.217. The molecule has 0 radical (unpaired) electrons. The van der Waals surface area contributed by atoms with Crippen molar-refractivity contribution in [2.24, 2.45) is 0 Å². The van der Waals surface area contributed by atoms with Crippen LogP contribution >= 0.6 is 0 Å². The molecule has 0 aliphatic heterocycles. The van der Waals surface area contributed by atoms with Crippen molar-refractivity contribution in [3.8, 4) is 0 Å². The Morgan fingerprint density at radius 2 is 1.88 bits per heavy atom. The molecule has 0 aliphatic rings. The fraction of sp³-hybridized carbons (Fsp3) is 0.350. The number of nitrogens with two attached hydrogens (primary N) is 1. The third-order valence-electron chi connectivity index (χ3n) is 4.30. The van der Waals surface area contributed by atoms with Gasteiger partial charge in [0.05, 0.1) is 6.04 Å². The average Bonchev–Trinajstić information content (AvgIpc) is 2.59. The normalized spacial score (nSPS) is 12.2. The van der Waals surface area contributed by atoms with E-state index in [1.54, 1.807) is 0 Å². The highest BCUT2D eigenvalue weighted by atomic mass is 16.2. The highest BCUT2D eigenvalue weighted by Crippen LogP contribution is 2.21. The maximum atomic E-state index is 12.7. The maximum absolute atomic E-state index is 12.7. The lowest BCUT2D eigenvalue weighted by atomic mass is 10.1. The van der Waals surface area contributed by atoms with Crippen molar-refractivity contribution in [3.63, 3.8) is 0 Å².